The normalized spacial score (nSPS) is 12.6. The van der Waals surface area contributed by atoms with E-state index in [0.717, 1.165) is 0 Å². The molecule has 4 rings (SSSR count). The fourth-order valence-electron chi connectivity index (χ4n) is 2.48. The summed E-state index contributed by atoms with van der Waals surface area (Å²) in [7, 11) is 0. The highest BCUT2D eigenvalue weighted by atomic mass is 16.7. The van der Waals surface area contributed by atoms with E-state index in [1.54, 1.807) is 24.3 Å². The smallest absolute Gasteiger partial charge is 0.368 e. The van der Waals surface area contributed by atoms with Gasteiger partial charge in [-0.05, 0) is 30.3 Å². The molecule has 118 valence electrons. The highest BCUT2D eigenvalue weighted by molar-refractivity contribution is 5.94. The molecule has 2 heterocycles. The maximum absolute atomic E-state index is 12.3. The molecule has 24 heavy (non-hydrogen) atoms. The molecule has 2 aromatic carbocycles. The number of hydrogen-bond donors (Lipinski definition) is 2. The van der Waals surface area contributed by atoms with Crippen LogP contribution in [-0.2, 0) is 0 Å². The molecule has 0 bridgehead atoms. The largest absolute Gasteiger partial charge is 0.492 e. The third-order valence-corrected chi connectivity index (χ3v) is 3.61. The van der Waals surface area contributed by atoms with Gasteiger partial charge in [-0.3, -0.25) is 0 Å². The average Bonchev–Trinajstić information content (AvgIpc) is 3.07. The number of aromatic hydroxyl groups is 2. The Morgan fingerprint density at radius 3 is 2.25 bits per heavy atom. The number of aromatic nitrogens is 1. The Morgan fingerprint density at radius 1 is 0.958 bits per heavy atom. The number of carbonyl (C=O) groups excluding carboxylic acids is 2. The van der Waals surface area contributed by atoms with Gasteiger partial charge in [0.25, 0.3) is 0 Å². The summed E-state index contributed by atoms with van der Waals surface area (Å²) in [5.74, 6) is -1.63. The van der Waals surface area contributed by atoms with Crippen molar-refractivity contribution in [3.05, 3.63) is 58.7 Å². The van der Waals surface area contributed by atoms with E-state index < -0.39 is 23.8 Å². The van der Waals surface area contributed by atoms with E-state index in [9.17, 15) is 19.8 Å². The molecule has 0 radical (unpaired) electrons. The first-order valence-electron chi connectivity index (χ1n) is 6.90. The number of nitrogens with zero attached hydrogens (tertiary/aromatic N) is 3. The first kappa shape index (κ1) is 13.9. The summed E-state index contributed by atoms with van der Waals surface area (Å²) in [5, 5.41) is 21.5. The van der Waals surface area contributed by atoms with Gasteiger partial charge in [-0.25, -0.2) is 9.59 Å². The fourth-order valence-corrected chi connectivity index (χ4v) is 2.48. The molecule has 1 aromatic heterocycles. The van der Waals surface area contributed by atoms with Gasteiger partial charge in [0.05, 0.1) is 27.1 Å². The average molecular weight is 323 g/mol. The number of fused-ring (bicyclic) bond motifs is 2. The molecule has 2 amide bonds. The molecule has 1 aliphatic heterocycles. The monoisotopic (exact) mass is 323 g/mol. The van der Waals surface area contributed by atoms with Gasteiger partial charge < -0.3 is 15.1 Å². The van der Waals surface area contributed by atoms with E-state index in [-0.39, 0.29) is 10.9 Å². The van der Waals surface area contributed by atoms with Crippen LogP contribution in [0.3, 0.4) is 0 Å². The van der Waals surface area contributed by atoms with Gasteiger partial charge in [-0.15, -0.1) is 4.73 Å². The zero-order chi connectivity index (χ0) is 16.8. The zero-order valence-corrected chi connectivity index (χ0v) is 12.0. The predicted molar refractivity (Wildman–Crippen MR) is 80.3 cm³/mol. The minimum absolute atomic E-state index is 0.0963. The third-order valence-electron chi connectivity index (χ3n) is 3.61. The fraction of sp³-hybridized carbons (Fsp3) is 0. The topological polar surface area (TPSA) is 113 Å². The SMILES string of the molecule is O=C1N=c2ccc(C(=O)On3c(O)c4ccccc4c3O)cc2=N1. The van der Waals surface area contributed by atoms with Gasteiger partial charge in [-0.2, -0.15) is 9.98 Å². The Morgan fingerprint density at radius 2 is 1.58 bits per heavy atom. The van der Waals surface area contributed by atoms with Crippen molar-refractivity contribution < 1.29 is 24.6 Å². The van der Waals surface area contributed by atoms with Crippen LogP contribution in [0, 0.1) is 0 Å². The van der Waals surface area contributed by atoms with E-state index in [2.05, 4.69) is 9.98 Å². The van der Waals surface area contributed by atoms with Gasteiger partial charge >= 0.3 is 12.0 Å². The number of urea groups is 1. The number of benzene rings is 2. The standard InChI is InChI=1S/C16H9N3O5/c20-13-9-3-1-2-4-10(9)14(21)19(13)24-15(22)8-5-6-11-12(7-8)18-16(23)17-11/h1-7,20-21H. The van der Waals surface area contributed by atoms with E-state index in [4.69, 9.17) is 4.84 Å². The maximum Gasteiger partial charge on any atom is 0.368 e. The Bertz CT molecular complexity index is 1110. The second-order valence-corrected chi connectivity index (χ2v) is 5.08. The van der Waals surface area contributed by atoms with E-state index >= 15 is 0 Å². The second-order valence-electron chi connectivity index (χ2n) is 5.08. The number of rotatable bonds is 2. The number of hydrogen-bond acceptors (Lipinski definition) is 5. The minimum atomic E-state index is -0.835. The molecule has 3 aromatic rings. The highest BCUT2D eigenvalue weighted by Gasteiger charge is 2.20. The summed E-state index contributed by atoms with van der Waals surface area (Å²) < 4.78 is 0.646. The van der Waals surface area contributed by atoms with Crippen LogP contribution in [0.5, 0.6) is 11.8 Å². The van der Waals surface area contributed by atoms with Crippen LogP contribution >= 0.6 is 0 Å². The third kappa shape index (κ3) is 2.01. The molecule has 2 N–H and O–H groups in total. The molecule has 0 fully saturated rings. The summed E-state index contributed by atoms with van der Waals surface area (Å²) in [5.41, 5.74) is 0.0963. The Labute approximate surface area is 133 Å². The lowest BCUT2D eigenvalue weighted by atomic mass is 10.2. The molecule has 0 unspecified atom stereocenters. The maximum atomic E-state index is 12.3. The zero-order valence-electron chi connectivity index (χ0n) is 12.0. The number of amides is 2. The molecule has 8 nitrogen and oxygen atoms in total. The van der Waals surface area contributed by atoms with Crippen LogP contribution in [-0.4, -0.2) is 26.9 Å². The van der Waals surface area contributed by atoms with Crippen molar-refractivity contribution in [3.63, 3.8) is 0 Å². The molecular formula is C16H9N3O5. The van der Waals surface area contributed by atoms with Crippen LogP contribution in [0.2, 0.25) is 0 Å². The molecule has 0 saturated carbocycles. The van der Waals surface area contributed by atoms with E-state index in [0.29, 0.717) is 20.9 Å². The van der Waals surface area contributed by atoms with Crippen LogP contribution < -0.4 is 15.6 Å². The van der Waals surface area contributed by atoms with Crippen LogP contribution in [0.25, 0.3) is 10.8 Å². The van der Waals surface area contributed by atoms with Crippen molar-refractivity contribution in [2.45, 2.75) is 0 Å². The summed E-state index contributed by atoms with van der Waals surface area (Å²) in [6.45, 7) is 0. The first-order chi connectivity index (χ1) is 11.5. The summed E-state index contributed by atoms with van der Waals surface area (Å²) in [4.78, 5) is 35.8. The Kier molecular flexibility index (Phi) is 2.86. The highest BCUT2D eigenvalue weighted by Crippen LogP contribution is 2.34. The van der Waals surface area contributed by atoms with Gasteiger partial charge in [0.15, 0.2) is 0 Å². The predicted octanol–water partition coefficient (Wildman–Crippen LogP) is 0.694. The lowest BCUT2D eigenvalue weighted by Gasteiger charge is -2.06. The second kappa shape index (κ2) is 4.92. The molecular weight excluding hydrogens is 314 g/mol. The van der Waals surface area contributed by atoms with Crippen molar-refractivity contribution in [1.82, 2.24) is 4.73 Å². The van der Waals surface area contributed by atoms with E-state index in [1.165, 1.54) is 18.2 Å². The Balaban J connectivity index is 1.74. The first-order valence-corrected chi connectivity index (χ1v) is 6.90. The summed E-state index contributed by atoms with van der Waals surface area (Å²) >= 11 is 0. The molecule has 0 spiro atoms. The van der Waals surface area contributed by atoms with Crippen LogP contribution in [0.4, 0.5) is 4.79 Å². The van der Waals surface area contributed by atoms with Crippen molar-refractivity contribution in [3.8, 4) is 11.8 Å². The van der Waals surface area contributed by atoms with Crippen LogP contribution in [0.15, 0.2) is 52.4 Å². The lowest BCUT2D eigenvalue weighted by molar-refractivity contribution is 0.0385. The van der Waals surface area contributed by atoms with Gasteiger partial charge in [-0.1, -0.05) is 12.1 Å². The van der Waals surface area contributed by atoms with Crippen molar-refractivity contribution >= 4 is 22.8 Å². The van der Waals surface area contributed by atoms with E-state index in [1.807, 2.05) is 0 Å². The Hall–Kier alpha value is -3.68. The molecule has 0 saturated heterocycles. The lowest BCUT2D eigenvalue weighted by Crippen LogP contribution is -2.26. The summed E-state index contributed by atoms with van der Waals surface area (Å²) in [6.07, 6.45) is 0. The van der Waals surface area contributed by atoms with Crippen molar-refractivity contribution in [2.75, 3.05) is 0 Å². The van der Waals surface area contributed by atoms with Gasteiger partial charge in [0.1, 0.15) is 0 Å². The van der Waals surface area contributed by atoms with Crippen molar-refractivity contribution in [1.29, 1.82) is 0 Å². The molecule has 0 atom stereocenters. The minimum Gasteiger partial charge on any atom is -0.492 e. The van der Waals surface area contributed by atoms with Gasteiger partial charge in [0.2, 0.25) is 11.8 Å². The molecule has 8 heteroatoms. The molecule has 0 aliphatic carbocycles. The van der Waals surface area contributed by atoms with Gasteiger partial charge in [0, 0.05) is 0 Å². The quantitative estimate of drug-likeness (QED) is 0.720. The number of carbonyl (C=O) groups is 2. The molecule has 1 aliphatic rings. The summed E-state index contributed by atoms with van der Waals surface area (Å²) in [6, 6.07) is 10.1. The van der Waals surface area contributed by atoms with Crippen LogP contribution in [0.1, 0.15) is 10.4 Å². The van der Waals surface area contributed by atoms with Crippen molar-refractivity contribution in [2.24, 2.45) is 9.98 Å².